The molecule has 112 valence electrons. The van der Waals surface area contributed by atoms with Crippen molar-refractivity contribution in [1.82, 2.24) is 5.32 Å². The molecule has 2 aromatic carbocycles. The highest BCUT2D eigenvalue weighted by molar-refractivity contribution is 9.10. The molecule has 23 heavy (non-hydrogen) atoms. The molecule has 0 aliphatic carbocycles. The molecule has 0 bridgehead atoms. The zero-order valence-electron chi connectivity index (χ0n) is 11.8. The third-order valence-corrected chi connectivity index (χ3v) is 4.29. The molecular formula is C18H10BrNO3. The first kappa shape index (κ1) is 14.0. The van der Waals surface area contributed by atoms with E-state index in [0.29, 0.717) is 28.2 Å². The second-order valence-corrected chi connectivity index (χ2v) is 6.09. The lowest BCUT2D eigenvalue weighted by molar-refractivity contribution is -0.131. The van der Waals surface area contributed by atoms with Gasteiger partial charge in [-0.3, -0.25) is 4.79 Å². The highest BCUT2D eigenvalue weighted by Gasteiger charge is 2.42. The monoisotopic (exact) mass is 367 g/mol. The van der Waals surface area contributed by atoms with Gasteiger partial charge in [0, 0.05) is 10.0 Å². The summed E-state index contributed by atoms with van der Waals surface area (Å²) < 4.78 is 6.29. The van der Waals surface area contributed by atoms with Gasteiger partial charge in [0.05, 0.1) is 11.3 Å². The van der Waals surface area contributed by atoms with Gasteiger partial charge in [0.2, 0.25) is 0 Å². The number of fused-ring (bicyclic) bond motifs is 1. The van der Waals surface area contributed by atoms with Crippen LogP contribution in [-0.4, -0.2) is 11.9 Å². The fourth-order valence-corrected chi connectivity index (χ4v) is 2.98. The molecule has 5 heteroatoms. The van der Waals surface area contributed by atoms with Gasteiger partial charge < -0.3 is 10.1 Å². The van der Waals surface area contributed by atoms with Crippen LogP contribution < -0.4 is 5.32 Å². The van der Waals surface area contributed by atoms with Crippen molar-refractivity contribution in [3.8, 4) is 0 Å². The number of hydrogen-bond donors (Lipinski definition) is 1. The predicted octanol–water partition coefficient (Wildman–Crippen LogP) is 3.26. The van der Waals surface area contributed by atoms with E-state index in [0.717, 1.165) is 10.0 Å². The number of cyclic esters (lactones) is 1. The van der Waals surface area contributed by atoms with E-state index < -0.39 is 5.97 Å². The van der Waals surface area contributed by atoms with Crippen LogP contribution in [0.1, 0.15) is 11.1 Å². The summed E-state index contributed by atoms with van der Waals surface area (Å²) in [6.45, 7) is 0. The average molecular weight is 368 g/mol. The molecular weight excluding hydrogens is 358 g/mol. The minimum absolute atomic E-state index is 0.302. The van der Waals surface area contributed by atoms with Crippen LogP contribution in [0.25, 0.3) is 11.5 Å². The molecule has 2 aromatic rings. The van der Waals surface area contributed by atoms with Crippen molar-refractivity contribution in [3.63, 3.8) is 0 Å². The number of benzene rings is 2. The number of halogens is 1. The Bertz CT molecular complexity index is 896. The molecule has 2 aliphatic heterocycles. The summed E-state index contributed by atoms with van der Waals surface area (Å²) >= 11 is 3.36. The summed E-state index contributed by atoms with van der Waals surface area (Å²) in [6, 6.07) is 16.5. The van der Waals surface area contributed by atoms with Crippen LogP contribution in [0, 0.1) is 0 Å². The van der Waals surface area contributed by atoms with Gasteiger partial charge in [0.25, 0.3) is 5.91 Å². The third-order valence-electron chi connectivity index (χ3n) is 3.76. The van der Waals surface area contributed by atoms with Crippen molar-refractivity contribution in [2.75, 3.05) is 0 Å². The molecule has 0 saturated heterocycles. The van der Waals surface area contributed by atoms with Crippen LogP contribution in [0.15, 0.2) is 70.2 Å². The van der Waals surface area contributed by atoms with Crippen LogP contribution in [0.4, 0.5) is 0 Å². The lowest BCUT2D eigenvalue weighted by Gasteiger charge is -2.06. The van der Waals surface area contributed by atoms with Gasteiger partial charge >= 0.3 is 5.97 Å². The second kappa shape index (κ2) is 5.21. The number of ether oxygens (including phenoxy) is 1. The largest absolute Gasteiger partial charge is 0.421 e. The van der Waals surface area contributed by atoms with Crippen molar-refractivity contribution in [2.24, 2.45) is 0 Å². The highest BCUT2D eigenvalue weighted by atomic mass is 79.9. The van der Waals surface area contributed by atoms with Crippen molar-refractivity contribution in [1.29, 1.82) is 0 Å². The first-order valence-electron chi connectivity index (χ1n) is 6.99. The van der Waals surface area contributed by atoms with Crippen LogP contribution in [0.5, 0.6) is 0 Å². The van der Waals surface area contributed by atoms with E-state index in [9.17, 15) is 9.59 Å². The van der Waals surface area contributed by atoms with Gasteiger partial charge in [0.1, 0.15) is 5.57 Å². The normalized spacial score (nSPS) is 16.6. The van der Waals surface area contributed by atoms with Gasteiger partial charge in [-0.2, -0.15) is 0 Å². The maximum atomic E-state index is 12.4. The summed E-state index contributed by atoms with van der Waals surface area (Å²) in [7, 11) is 0. The minimum atomic E-state index is -0.505. The minimum Gasteiger partial charge on any atom is -0.421 e. The number of nitrogens with one attached hydrogen (secondary N) is 1. The maximum Gasteiger partial charge on any atom is 0.346 e. The van der Waals surface area contributed by atoms with Crippen LogP contribution in [0.2, 0.25) is 0 Å². The number of carbonyl (C=O) groups is 2. The fraction of sp³-hybridized carbons (Fsp3) is 0. The lowest BCUT2D eigenvalue weighted by Crippen LogP contribution is -2.17. The van der Waals surface area contributed by atoms with Gasteiger partial charge in [-0.25, -0.2) is 4.79 Å². The number of rotatable bonds is 2. The van der Waals surface area contributed by atoms with E-state index in [1.165, 1.54) is 0 Å². The first-order valence-corrected chi connectivity index (χ1v) is 7.78. The average Bonchev–Trinajstić information content (AvgIpc) is 3.09. The Balaban J connectivity index is 1.90. The first-order chi connectivity index (χ1) is 11.1. The quantitative estimate of drug-likeness (QED) is 0.828. The molecule has 0 fully saturated rings. The maximum absolute atomic E-state index is 12.4. The number of amides is 1. The van der Waals surface area contributed by atoms with Crippen molar-refractivity contribution >= 4 is 39.3 Å². The SMILES string of the molecule is O=C1NC(c2ccccc2)=C2C(=O)OC(c3ccc(Br)cc3)=C12. The molecule has 0 atom stereocenters. The zero-order chi connectivity index (χ0) is 16.0. The molecule has 2 heterocycles. The van der Waals surface area contributed by atoms with Crippen LogP contribution >= 0.6 is 15.9 Å². The van der Waals surface area contributed by atoms with Gasteiger partial charge in [-0.05, 0) is 17.7 Å². The number of hydrogen-bond acceptors (Lipinski definition) is 3. The summed E-state index contributed by atoms with van der Waals surface area (Å²) in [6.07, 6.45) is 0. The molecule has 2 aliphatic rings. The Kier molecular flexibility index (Phi) is 3.16. The summed E-state index contributed by atoms with van der Waals surface area (Å²) in [5, 5.41) is 2.79. The summed E-state index contributed by atoms with van der Waals surface area (Å²) in [5.74, 6) is -0.515. The van der Waals surface area contributed by atoms with E-state index in [1.54, 1.807) is 12.1 Å². The van der Waals surface area contributed by atoms with E-state index in [4.69, 9.17) is 4.74 Å². The van der Waals surface area contributed by atoms with E-state index in [-0.39, 0.29) is 5.91 Å². The zero-order valence-corrected chi connectivity index (χ0v) is 13.4. The Morgan fingerprint density at radius 3 is 2.22 bits per heavy atom. The smallest absolute Gasteiger partial charge is 0.346 e. The van der Waals surface area contributed by atoms with Crippen LogP contribution in [0.3, 0.4) is 0 Å². The number of carbonyl (C=O) groups excluding carboxylic acids is 2. The fourth-order valence-electron chi connectivity index (χ4n) is 2.72. The Labute approximate surface area is 140 Å². The molecule has 0 radical (unpaired) electrons. The Morgan fingerprint density at radius 1 is 0.826 bits per heavy atom. The Morgan fingerprint density at radius 2 is 1.52 bits per heavy atom. The molecule has 0 unspecified atom stereocenters. The molecule has 0 aromatic heterocycles. The van der Waals surface area contributed by atoms with Gasteiger partial charge in [-0.1, -0.05) is 58.4 Å². The third kappa shape index (κ3) is 2.21. The standard InChI is InChI=1S/C18H10BrNO3/c19-12-8-6-11(7-9-12)16-14-13(18(22)23-16)15(20-17(14)21)10-4-2-1-3-5-10/h1-9H,(H,20,21). The van der Waals surface area contributed by atoms with E-state index in [1.807, 2.05) is 42.5 Å². The molecule has 4 rings (SSSR count). The summed E-state index contributed by atoms with van der Waals surface area (Å²) in [5.41, 5.74) is 2.58. The molecule has 0 saturated carbocycles. The topological polar surface area (TPSA) is 55.4 Å². The van der Waals surface area contributed by atoms with Gasteiger partial charge in [-0.15, -0.1) is 0 Å². The van der Waals surface area contributed by atoms with Crippen LogP contribution in [-0.2, 0) is 14.3 Å². The highest BCUT2D eigenvalue weighted by Crippen LogP contribution is 2.40. The second-order valence-electron chi connectivity index (χ2n) is 5.17. The van der Waals surface area contributed by atoms with Crippen molar-refractivity contribution in [3.05, 3.63) is 81.3 Å². The van der Waals surface area contributed by atoms with Crippen molar-refractivity contribution < 1.29 is 14.3 Å². The molecule has 1 amide bonds. The van der Waals surface area contributed by atoms with E-state index in [2.05, 4.69) is 21.2 Å². The molecule has 1 N–H and O–H groups in total. The molecule has 4 nitrogen and oxygen atoms in total. The molecule has 0 spiro atoms. The Hall–Kier alpha value is -2.66. The predicted molar refractivity (Wildman–Crippen MR) is 88.7 cm³/mol. The number of esters is 1. The van der Waals surface area contributed by atoms with Crippen molar-refractivity contribution in [2.45, 2.75) is 0 Å². The van der Waals surface area contributed by atoms with Gasteiger partial charge in [0.15, 0.2) is 5.76 Å². The van der Waals surface area contributed by atoms with E-state index >= 15 is 0 Å². The summed E-state index contributed by atoms with van der Waals surface area (Å²) in [4.78, 5) is 24.7. The lowest BCUT2D eigenvalue weighted by atomic mass is 10.0.